The largest absolute Gasteiger partial charge is 0.420 e. The molecular weight excluding hydrogens is 358 g/mol. The molecule has 1 fully saturated rings. The van der Waals surface area contributed by atoms with Crippen molar-refractivity contribution >= 4 is 17.2 Å². The molecule has 3 heterocycles. The van der Waals surface area contributed by atoms with Crippen LogP contribution in [0.15, 0.2) is 52.3 Å². The van der Waals surface area contributed by atoms with Gasteiger partial charge in [-0.2, -0.15) is 0 Å². The Morgan fingerprint density at radius 3 is 2.67 bits per heavy atom. The van der Waals surface area contributed by atoms with E-state index < -0.39 is 0 Å². The average Bonchev–Trinajstić information content (AvgIpc) is 3.39. The van der Waals surface area contributed by atoms with Crippen LogP contribution in [0.3, 0.4) is 0 Å². The molecule has 0 saturated carbocycles. The summed E-state index contributed by atoms with van der Waals surface area (Å²) in [5.74, 6) is 1.92. The molecule has 0 bridgehead atoms. The maximum Gasteiger partial charge on any atom is 0.257 e. The van der Waals surface area contributed by atoms with Crippen LogP contribution in [0.2, 0.25) is 0 Å². The highest BCUT2D eigenvalue weighted by atomic mass is 32.1. The number of rotatable bonds is 6. The normalized spacial score (nSPS) is 15.2. The van der Waals surface area contributed by atoms with Crippen LogP contribution in [0.4, 0.5) is 0 Å². The molecule has 0 unspecified atom stereocenters. The van der Waals surface area contributed by atoms with Gasteiger partial charge >= 0.3 is 0 Å². The van der Waals surface area contributed by atoms with Crippen LogP contribution in [-0.4, -0.2) is 34.1 Å². The summed E-state index contributed by atoms with van der Waals surface area (Å²) in [5.41, 5.74) is 1.39. The number of likely N-dealkylation sites (tertiary alicyclic amines) is 1. The van der Waals surface area contributed by atoms with E-state index in [1.54, 1.807) is 11.3 Å². The Morgan fingerprint density at radius 1 is 1.11 bits per heavy atom. The van der Waals surface area contributed by atoms with E-state index in [1.165, 1.54) is 5.56 Å². The minimum absolute atomic E-state index is 0.184. The summed E-state index contributed by atoms with van der Waals surface area (Å²) in [5, 5.41) is 10.1. The number of hydrogen-bond donors (Lipinski definition) is 0. The van der Waals surface area contributed by atoms with Gasteiger partial charge in [0.25, 0.3) is 5.89 Å². The number of nitrogens with zero attached hydrogens (tertiary/aromatic N) is 3. The number of hydrogen-bond acceptors (Lipinski definition) is 5. The van der Waals surface area contributed by atoms with E-state index in [4.69, 9.17) is 4.42 Å². The fourth-order valence-electron chi connectivity index (χ4n) is 3.56. The van der Waals surface area contributed by atoms with E-state index in [0.29, 0.717) is 30.5 Å². The minimum Gasteiger partial charge on any atom is -0.420 e. The van der Waals surface area contributed by atoms with Crippen molar-refractivity contribution < 1.29 is 9.21 Å². The molecule has 1 saturated heterocycles. The van der Waals surface area contributed by atoms with Crippen LogP contribution in [0.1, 0.15) is 30.7 Å². The predicted molar refractivity (Wildman–Crippen MR) is 105 cm³/mol. The monoisotopic (exact) mass is 381 g/mol. The van der Waals surface area contributed by atoms with E-state index in [-0.39, 0.29) is 5.91 Å². The minimum atomic E-state index is 0.184. The summed E-state index contributed by atoms with van der Waals surface area (Å²) in [4.78, 5) is 15.5. The first-order valence-corrected chi connectivity index (χ1v) is 10.3. The molecule has 1 amide bonds. The van der Waals surface area contributed by atoms with Crippen molar-refractivity contribution in [2.24, 2.45) is 5.92 Å². The quantitative estimate of drug-likeness (QED) is 0.642. The fourth-order valence-corrected chi connectivity index (χ4v) is 4.20. The Labute approximate surface area is 163 Å². The van der Waals surface area contributed by atoms with Gasteiger partial charge in [-0.05, 0) is 42.2 Å². The van der Waals surface area contributed by atoms with Gasteiger partial charge in [0.2, 0.25) is 11.8 Å². The molecule has 5 nitrogen and oxygen atoms in total. The van der Waals surface area contributed by atoms with Crippen LogP contribution in [0.25, 0.3) is 10.8 Å². The third-order valence-electron chi connectivity index (χ3n) is 5.09. The van der Waals surface area contributed by atoms with Crippen LogP contribution in [0, 0.1) is 5.92 Å². The van der Waals surface area contributed by atoms with Gasteiger partial charge in [-0.25, -0.2) is 0 Å². The number of carbonyl (C=O) groups is 1. The lowest BCUT2D eigenvalue weighted by Crippen LogP contribution is -2.39. The summed E-state index contributed by atoms with van der Waals surface area (Å²) < 4.78 is 5.67. The lowest BCUT2D eigenvalue weighted by Gasteiger charge is -2.32. The van der Waals surface area contributed by atoms with Crippen LogP contribution < -0.4 is 0 Å². The fraction of sp³-hybridized carbons (Fsp3) is 0.381. The van der Waals surface area contributed by atoms with E-state index in [9.17, 15) is 4.79 Å². The van der Waals surface area contributed by atoms with Gasteiger partial charge in [0.15, 0.2) is 0 Å². The zero-order valence-corrected chi connectivity index (χ0v) is 16.0. The van der Waals surface area contributed by atoms with Crippen molar-refractivity contribution in [2.75, 3.05) is 13.1 Å². The maximum atomic E-state index is 12.5. The highest BCUT2D eigenvalue weighted by Gasteiger charge is 2.23. The second-order valence-electron chi connectivity index (χ2n) is 6.99. The van der Waals surface area contributed by atoms with E-state index >= 15 is 0 Å². The molecule has 1 aliphatic rings. The SMILES string of the molecule is O=C(CCc1nnc(-c2cccs2)o1)N1CCC(Cc2ccccc2)CC1. The van der Waals surface area contributed by atoms with Crippen LogP contribution >= 0.6 is 11.3 Å². The van der Waals surface area contributed by atoms with Crippen LogP contribution in [0.5, 0.6) is 0 Å². The van der Waals surface area contributed by atoms with Crippen molar-refractivity contribution in [2.45, 2.75) is 32.1 Å². The zero-order chi connectivity index (χ0) is 18.5. The summed E-state index contributed by atoms with van der Waals surface area (Å²) in [6, 6.07) is 14.5. The Hall–Kier alpha value is -2.47. The van der Waals surface area contributed by atoms with Crippen molar-refractivity contribution in [3.8, 4) is 10.8 Å². The molecule has 1 aromatic carbocycles. The molecule has 3 aromatic rings. The second kappa shape index (κ2) is 8.48. The highest BCUT2D eigenvalue weighted by Crippen LogP contribution is 2.24. The van der Waals surface area contributed by atoms with Gasteiger partial charge in [-0.1, -0.05) is 36.4 Å². The molecule has 6 heteroatoms. The number of piperidine rings is 1. The summed E-state index contributed by atoms with van der Waals surface area (Å²) >= 11 is 1.57. The third-order valence-corrected chi connectivity index (χ3v) is 5.94. The molecule has 0 aliphatic carbocycles. The van der Waals surface area contributed by atoms with E-state index in [0.717, 1.165) is 37.2 Å². The van der Waals surface area contributed by atoms with Crippen molar-refractivity contribution in [1.29, 1.82) is 0 Å². The number of carbonyl (C=O) groups excluding carboxylic acids is 1. The van der Waals surface area contributed by atoms with Gasteiger partial charge in [-0.15, -0.1) is 21.5 Å². The van der Waals surface area contributed by atoms with Gasteiger partial charge in [0, 0.05) is 25.9 Å². The first-order chi connectivity index (χ1) is 13.3. The van der Waals surface area contributed by atoms with Crippen molar-refractivity contribution in [3.63, 3.8) is 0 Å². The molecule has 0 radical (unpaired) electrons. The second-order valence-corrected chi connectivity index (χ2v) is 7.94. The van der Waals surface area contributed by atoms with Gasteiger partial charge < -0.3 is 9.32 Å². The lowest BCUT2D eigenvalue weighted by molar-refractivity contribution is -0.132. The Bertz CT molecular complexity index is 853. The summed E-state index contributed by atoms with van der Waals surface area (Å²) in [7, 11) is 0. The van der Waals surface area contributed by atoms with E-state index in [1.807, 2.05) is 22.4 Å². The third kappa shape index (κ3) is 4.63. The smallest absolute Gasteiger partial charge is 0.257 e. The van der Waals surface area contributed by atoms with E-state index in [2.05, 4.69) is 40.5 Å². The Balaban J connectivity index is 1.23. The summed E-state index contributed by atoms with van der Waals surface area (Å²) in [6.45, 7) is 1.70. The molecule has 1 aliphatic heterocycles. The highest BCUT2D eigenvalue weighted by molar-refractivity contribution is 7.13. The first kappa shape index (κ1) is 17.9. The number of benzene rings is 1. The van der Waals surface area contributed by atoms with Crippen molar-refractivity contribution in [1.82, 2.24) is 15.1 Å². The number of amides is 1. The molecule has 2 aromatic heterocycles. The van der Waals surface area contributed by atoms with Gasteiger partial charge in [0.1, 0.15) is 0 Å². The Kier molecular flexibility index (Phi) is 5.63. The number of aryl methyl sites for hydroxylation is 1. The molecule has 27 heavy (non-hydrogen) atoms. The topological polar surface area (TPSA) is 59.2 Å². The van der Waals surface area contributed by atoms with Crippen molar-refractivity contribution in [3.05, 3.63) is 59.3 Å². The van der Waals surface area contributed by atoms with Gasteiger partial charge in [-0.3, -0.25) is 4.79 Å². The first-order valence-electron chi connectivity index (χ1n) is 9.46. The standard InChI is InChI=1S/C21H23N3O2S/c25-20(9-8-19-22-23-21(26-19)18-7-4-14-27-18)24-12-10-17(11-13-24)15-16-5-2-1-3-6-16/h1-7,14,17H,8-13,15H2. The number of aromatic nitrogens is 2. The molecule has 140 valence electrons. The van der Waals surface area contributed by atoms with Gasteiger partial charge in [0.05, 0.1) is 4.88 Å². The average molecular weight is 382 g/mol. The number of thiophene rings is 1. The van der Waals surface area contributed by atoms with Crippen LogP contribution in [-0.2, 0) is 17.6 Å². The Morgan fingerprint density at radius 2 is 1.93 bits per heavy atom. The molecule has 4 rings (SSSR count). The lowest BCUT2D eigenvalue weighted by atomic mass is 9.90. The molecule has 0 atom stereocenters. The molecule has 0 spiro atoms. The zero-order valence-electron chi connectivity index (χ0n) is 15.2. The molecular formula is C21H23N3O2S. The predicted octanol–water partition coefficient (Wildman–Crippen LogP) is 4.21. The maximum absolute atomic E-state index is 12.5. The molecule has 0 N–H and O–H groups in total. The summed E-state index contributed by atoms with van der Waals surface area (Å²) in [6.07, 6.45) is 4.18.